The Kier molecular flexibility index (Phi) is 10.6. The number of rotatable bonds is 8. The van der Waals surface area contributed by atoms with E-state index in [0.29, 0.717) is 0 Å². The smallest absolute Gasteiger partial charge is 0.373 e. The van der Waals surface area contributed by atoms with Gasteiger partial charge < -0.3 is 19.7 Å². The third-order valence-corrected chi connectivity index (χ3v) is 10.7. The monoisotopic (exact) mass is 748 g/mol. The molecule has 0 aromatic rings. The highest BCUT2D eigenvalue weighted by molar-refractivity contribution is 5.09. The Labute approximate surface area is 260 Å². The minimum Gasteiger partial charge on any atom is -0.373 e. The zero-order chi connectivity index (χ0) is 37.5. The van der Waals surface area contributed by atoms with Gasteiger partial charge in [0.1, 0.15) is 6.79 Å². The third-order valence-electron chi connectivity index (χ3n) is 10.7. The van der Waals surface area contributed by atoms with Gasteiger partial charge in [0, 0.05) is 11.8 Å². The van der Waals surface area contributed by atoms with Gasteiger partial charge in [-0.1, -0.05) is 13.8 Å². The van der Waals surface area contributed by atoms with Crippen LogP contribution in [0.4, 0.5) is 79.0 Å². The van der Waals surface area contributed by atoms with Crippen molar-refractivity contribution in [2.24, 2.45) is 41.4 Å². The van der Waals surface area contributed by atoms with Crippen LogP contribution in [0.2, 0.25) is 0 Å². The first-order valence-corrected chi connectivity index (χ1v) is 14.3. The molecule has 48 heavy (non-hydrogen) atoms. The summed E-state index contributed by atoms with van der Waals surface area (Å²) < 4.78 is 257. The van der Waals surface area contributed by atoms with Gasteiger partial charge >= 0.3 is 37.1 Å². The Morgan fingerprint density at radius 1 is 0.521 bits per heavy atom. The number of hydrogen-bond acceptors (Lipinski definition) is 4. The molecule has 284 valence electrons. The molecular formula is C26H30F18O4. The van der Waals surface area contributed by atoms with Crippen LogP contribution in [0.5, 0.6) is 0 Å². The zero-order valence-electron chi connectivity index (χ0n) is 24.6. The number of alkyl halides is 18. The van der Waals surface area contributed by atoms with Gasteiger partial charge in [-0.15, -0.1) is 0 Å². The van der Waals surface area contributed by atoms with Crippen LogP contribution < -0.4 is 0 Å². The lowest BCUT2D eigenvalue weighted by molar-refractivity contribution is -0.412. The average molecular weight is 748 g/mol. The van der Waals surface area contributed by atoms with Crippen molar-refractivity contribution in [2.75, 3.05) is 6.79 Å². The van der Waals surface area contributed by atoms with Gasteiger partial charge in [0.25, 0.3) is 16.8 Å². The molecule has 3 aliphatic carbocycles. The fourth-order valence-corrected chi connectivity index (χ4v) is 7.88. The van der Waals surface area contributed by atoms with Crippen molar-refractivity contribution in [3.05, 3.63) is 0 Å². The molecular weight excluding hydrogens is 718 g/mol. The lowest BCUT2D eigenvalue weighted by Gasteiger charge is -2.48. The summed E-state index contributed by atoms with van der Waals surface area (Å²) in [6.07, 6.45) is -50.9. The first-order chi connectivity index (χ1) is 21.2. The van der Waals surface area contributed by atoms with E-state index in [1.165, 1.54) is 0 Å². The summed E-state index contributed by atoms with van der Waals surface area (Å²) >= 11 is 0. The topological polar surface area (TPSA) is 58.9 Å². The van der Waals surface area contributed by atoms with E-state index in [1.54, 1.807) is 13.8 Å². The van der Waals surface area contributed by atoms with E-state index in [1.807, 2.05) is 0 Å². The molecule has 0 radical (unpaired) electrons. The average Bonchev–Trinajstić information content (AvgIpc) is 3.41. The summed E-state index contributed by atoms with van der Waals surface area (Å²) in [5.41, 5.74) is -17.2. The summed E-state index contributed by atoms with van der Waals surface area (Å²) in [5, 5.41) is 19.5. The SMILES string of the molecule is CC1C2CC(CC(OCOC3CC(C(O)(C(F)(F)F)C(F)(F)F)CC(C(O)(C(F)(F)F)C(F)(F)F)C3)(C(F)(F)F)C(F)(F)F)C(C2)C1C. The lowest BCUT2D eigenvalue weighted by atomic mass is 9.65. The van der Waals surface area contributed by atoms with Gasteiger partial charge in [-0.3, -0.25) is 0 Å². The Bertz CT molecular complexity index is 1030. The third kappa shape index (κ3) is 6.68. The highest BCUT2D eigenvalue weighted by Crippen LogP contribution is 2.61. The van der Waals surface area contributed by atoms with Crippen molar-refractivity contribution in [3.8, 4) is 0 Å². The van der Waals surface area contributed by atoms with Crippen LogP contribution in [0.15, 0.2) is 0 Å². The van der Waals surface area contributed by atoms with E-state index >= 15 is 0 Å². The Morgan fingerprint density at radius 2 is 0.917 bits per heavy atom. The van der Waals surface area contributed by atoms with Crippen LogP contribution in [0, 0.1) is 41.4 Å². The van der Waals surface area contributed by atoms with Crippen molar-refractivity contribution in [1.82, 2.24) is 0 Å². The molecule has 2 bridgehead atoms. The molecule has 3 rings (SSSR count). The Balaban J connectivity index is 2.01. The molecule has 0 aromatic carbocycles. The Hall–Kier alpha value is -1.42. The largest absolute Gasteiger partial charge is 0.426 e. The molecule has 0 saturated heterocycles. The molecule has 3 fully saturated rings. The van der Waals surface area contributed by atoms with Gasteiger partial charge in [0.15, 0.2) is 0 Å². The Morgan fingerprint density at radius 3 is 1.23 bits per heavy atom. The van der Waals surface area contributed by atoms with Gasteiger partial charge in [0.05, 0.1) is 6.10 Å². The minimum absolute atomic E-state index is 0.0482. The van der Waals surface area contributed by atoms with E-state index in [4.69, 9.17) is 0 Å². The van der Waals surface area contributed by atoms with Crippen LogP contribution in [-0.4, -0.2) is 77.0 Å². The number of ether oxygens (including phenoxy) is 2. The van der Waals surface area contributed by atoms with Crippen LogP contribution in [0.25, 0.3) is 0 Å². The molecule has 7 atom stereocenters. The summed E-state index contributed by atoms with van der Waals surface area (Å²) in [7, 11) is 0. The number of halogens is 18. The maximum Gasteiger partial charge on any atom is 0.426 e. The van der Waals surface area contributed by atoms with E-state index in [2.05, 4.69) is 9.47 Å². The van der Waals surface area contributed by atoms with Crippen molar-refractivity contribution in [2.45, 2.75) is 112 Å². The van der Waals surface area contributed by atoms with Crippen molar-refractivity contribution in [1.29, 1.82) is 0 Å². The summed E-state index contributed by atoms with van der Waals surface area (Å²) in [6.45, 7) is 1.03. The predicted octanol–water partition coefficient (Wildman–Crippen LogP) is 8.66. The van der Waals surface area contributed by atoms with Crippen molar-refractivity contribution >= 4 is 0 Å². The minimum atomic E-state index is -6.84. The molecule has 7 unspecified atom stereocenters. The van der Waals surface area contributed by atoms with E-state index in [-0.39, 0.29) is 30.6 Å². The van der Waals surface area contributed by atoms with Crippen LogP contribution in [-0.2, 0) is 9.47 Å². The van der Waals surface area contributed by atoms with Crippen LogP contribution in [0.1, 0.15) is 52.4 Å². The maximum atomic E-state index is 14.2. The first-order valence-electron chi connectivity index (χ1n) is 14.3. The fourth-order valence-electron chi connectivity index (χ4n) is 7.88. The van der Waals surface area contributed by atoms with Crippen LogP contribution in [0.3, 0.4) is 0 Å². The van der Waals surface area contributed by atoms with Crippen molar-refractivity contribution < 1.29 is 98.7 Å². The van der Waals surface area contributed by atoms with Gasteiger partial charge in [-0.05, 0) is 68.1 Å². The molecule has 0 aliphatic heterocycles. The molecule has 3 saturated carbocycles. The quantitative estimate of drug-likeness (QED) is 0.193. The summed E-state index contributed by atoms with van der Waals surface area (Å²) in [6, 6.07) is 0. The highest BCUT2D eigenvalue weighted by Gasteiger charge is 2.79. The number of hydrogen-bond donors (Lipinski definition) is 2. The molecule has 22 heteroatoms. The fraction of sp³-hybridized carbons (Fsp3) is 1.00. The molecule has 0 heterocycles. The molecule has 0 amide bonds. The summed E-state index contributed by atoms with van der Waals surface area (Å²) in [5.74, 6) is -9.97. The maximum absolute atomic E-state index is 14.2. The molecule has 4 nitrogen and oxygen atoms in total. The highest BCUT2D eigenvalue weighted by atomic mass is 19.4. The van der Waals surface area contributed by atoms with E-state index < -0.39 is 116 Å². The standard InChI is InChI=1S/C26H30F18O4/c1-10-11(2)17-4-12(10)3-13(17)8-18(21(27,28)29,22(30,31)32)48-9-47-16-6-14(19(45,23(33,34)35)24(36,37)38)5-15(7-16)20(46,25(39,40)41)26(42,43)44/h10-17,45-46H,3-9H2,1-2H3. The van der Waals surface area contributed by atoms with Gasteiger partial charge in [-0.2, -0.15) is 79.0 Å². The zero-order valence-corrected chi connectivity index (χ0v) is 24.6. The molecule has 2 N–H and O–H groups in total. The molecule has 0 aromatic heterocycles. The number of aliphatic hydroxyl groups is 2. The van der Waals surface area contributed by atoms with Gasteiger partial charge in [0.2, 0.25) is 0 Å². The van der Waals surface area contributed by atoms with E-state index in [0.717, 1.165) is 0 Å². The summed E-state index contributed by atoms with van der Waals surface area (Å²) in [4.78, 5) is 0. The molecule has 0 spiro atoms. The number of fused-ring (bicyclic) bond motifs is 2. The first kappa shape index (κ1) is 41.0. The van der Waals surface area contributed by atoms with Crippen molar-refractivity contribution in [3.63, 3.8) is 0 Å². The lowest BCUT2D eigenvalue weighted by Crippen LogP contribution is -2.67. The van der Waals surface area contributed by atoms with E-state index in [9.17, 15) is 89.2 Å². The second-order valence-corrected chi connectivity index (χ2v) is 13.1. The molecule has 3 aliphatic rings. The normalized spacial score (nSPS) is 31.9. The second kappa shape index (κ2) is 12.4. The van der Waals surface area contributed by atoms with Crippen LogP contribution >= 0.6 is 0 Å². The second-order valence-electron chi connectivity index (χ2n) is 13.1. The van der Waals surface area contributed by atoms with Gasteiger partial charge in [-0.25, -0.2) is 0 Å². The predicted molar refractivity (Wildman–Crippen MR) is 123 cm³/mol.